The van der Waals surface area contributed by atoms with Crippen LogP contribution >= 0.6 is 0 Å². The second-order valence-electron chi connectivity index (χ2n) is 7.16. The third kappa shape index (κ3) is 4.37. The van der Waals surface area contributed by atoms with Crippen molar-refractivity contribution in [3.05, 3.63) is 71.9 Å². The molecular formula is C22H24FN3O. The average Bonchev–Trinajstić information content (AvgIpc) is 3.14. The summed E-state index contributed by atoms with van der Waals surface area (Å²) < 4.78 is 18.6. The van der Waals surface area contributed by atoms with E-state index in [0.717, 1.165) is 43.7 Å². The summed E-state index contributed by atoms with van der Waals surface area (Å²) in [6.07, 6.45) is 3.92. The van der Waals surface area contributed by atoms with Gasteiger partial charge in [-0.15, -0.1) is 0 Å². The lowest BCUT2D eigenvalue weighted by Crippen LogP contribution is -2.38. The molecule has 0 amide bonds. The largest absolute Gasteiger partial charge is 0.444 e. The first-order valence-corrected chi connectivity index (χ1v) is 9.42. The van der Waals surface area contributed by atoms with Crippen LogP contribution in [0.5, 0.6) is 0 Å². The van der Waals surface area contributed by atoms with Crippen LogP contribution in [-0.4, -0.2) is 29.0 Å². The molecule has 3 aromatic rings. The predicted molar refractivity (Wildman–Crippen MR) is 105 cm³/mol. The normalized spacial score (nSPS) is 15.8. The van der Waals surface area contributed by atoms with Gasteiger partial charge < -0.3 is 9.73 Å². The smallest absolute Gasteiger partial charge is 0.226 e. The van der Waals surface area contributed by atoms with Crippen LogP contribution in [0.3, 0.4) is 0 Å². The maximum absolute atomic E-state index is 13.0. The number of anilines is 1. The minimum absolute atomic E-state index is 0.257. The predicted octanol–water partition coefficient (Wildman–Crippen LogP) is 4.87. The molecule has 4 nitrogen and oxygen atoms in total. The Hall–Kier alpha value is -2.66. The fraction of sp³-hybridized carbons (Fsp3) is 0.318. The van der Waals surface area contributed by atoms with Crippen LogP contribution in [0.1, 0.15) is 24.1 Å². The molecule has 1 saturated heterocycles. The summed E-state index contributed by atoms with van der Waals surface area (Å²) >= 11 is 0. The Balaban J connectivity index is 1.31. The van der Waals surface area contributed by atoms with Crippen molar-refractivity contribution in [2.24, 2.45) is 0 Å². The van der Waals surface area contributed by atoms with Gasteiger partial charge in [-0.05, 0) is 55.7 Å². The number of halogens is 1. The first-order valence-electron chi connectivity index (χ1n) is 9.42. The van der Waals surface area contributed by atoms with Gasteiger partial charge in [0, 0.05) is 36.9 Å². The van der Waals surface area contributed by atoms with Gasteiger partial charge in [0.15, 0.2) is 0 Å². The van der Waals surface area contributed by atoms with Gasteiger partial charge in [0.2, 0.25) is 5.89 Å². The minimum Gasteiger partial charge on any atom is -0.444 e. The van der Waals surface area contributed by atoms with Gasteiger partial charge in [0.05, 0.1) is 5.69 Å². The molecule has 0 bridgehead atoms. The van der Waals surface area contributed by atoms with Crippen LogP contribution in [0.15, 0.2) is 59.2 Å². The Kier molecular flexibility index (Phi) is 5.21. The fourth-order valence-electron chi connectivity index (χ4n) is 3.52. The third-order valence-electron chi connectivity index (χ3n) is 5.12. The van der Waals surface area contributed by atoms with E-state index in [9.17, 15) is 4.39 Å². The summed E-state index contributed by atoms with van der Waals surface area (Å²) in [6.45, 7) is 4.98. The number of oxazole rings is 1. The Morgan fingerprint density at radius 3 is 2.59 bits per heavy atom. The molecule has 0 aliphatic carbocycles. The number of nitrogens with one attached hydrogen (secondary N) is 1. The third-order valence-corrected chi connectivity index (χ3v) is 5.12. The van der Waals surface area contributed by atoms with E-state index in [4.69, 9.17) is 4.42 Å². The molecule has 0 atom stereocenters. The summed E-state index contributed by atoms with van der Waals surface area (Å²) in [6, 6.07) is 15.2. The van der Waals surface area contributed by atoms with Gasteiger partial charge in [-0.3, -0.25) is 4.90 Å². The molecule has 1 aliphatic heterocycles. The number of hydrogen-bond acceptors (Lipinski definition) is 4. The highest BCUT2D eigenvalue weighted by atomic mass is 19.1. The standard InChI is InChI=1S/C22H24FN3O/c1-16-4-2-3-5-21(16)24-19-10-12-26(13-11-19)14-20-15-27-22(25-20)17-6-8-18(23)9-7-17/h2-9,15,19,24H,10-14H2,1H3. The van der Waals surface area contributed by atoms with E-state index < -0.39 is 0 Å². The van der Waals surface area contributed by atoms with Gasteiger partial charge in [0.25, 0.3) is 0 Å². The Bertz CT molecular complexity index is 883. The summed E-state index contributed by atoms with van der Waals surface area (Å²) in [7, 11) is 0. The number of piperidine rings is 1. The summed E-state index contributed by atoms with van der Waals surface area (Å²) in [4.78, 5) is 6.96. The second-order valence-corrected chi connectivity index (χ2v) is 7.16. The Morgan fingerprint density at radius 1 is 1.11 bits per heavy atom. The van der Waals surface area contributed by atoms with Crippen molar-refractivity contribution in [1.82, 2.24) is 9.88 Å². The van der Waals surface area contributed by atoms with Gasteiger partial charge >= 0.3 is 0 Å². The highest BCUT2D eigenvalue weighted by molar-refractivity contribution is 5.53. The zero-order valence-corrected chi connectivity index (χ0v) is 15.5. The number of aryl methyl sites for hydroxylation is 1. The molecule has 0 unspecified atom stereocenters. The highest BCUT2D eigenvalue weighted by Gasteiger charge is 2.20. The molecule has 140 valence electrons. The minimum atomic E-state index is -0.257. The summed E-state index contributed by atoms with van der Waals surface area (Å²) in [5.74, 6) is 0.286. The summed E-state index contributed by atoms with van der Waals surface area (Å²) in [5, 5.41) is 3.67. The number of likely N-dealkylation sites (tertiary alicyclic amines) is 1. The molecule has 1 aliphatic rings. The van der Waals surface area contributed by atoms with E-state index in [1.54, 1.807) is 18.4 Å². The lowest BCUT2D eigenvalue weighted by atomic mass is 10.0. The average molecular weight is 365 g/mol. The first kappa shape index (κ1) is 17.7. The molecule has 0 spiro atoms. The topological polar surface area (TPSA) is 41.3 Å². The zero-order valence-electron chi connectivity index (χ0n) is 15.5. The molecule has 0 radical (unpaired) electrons. The van der Waals surface area contributed by atoms with Crippen molar-refractivity contribution in [2.45, 2.75) is 32.4 Å². The molecular weight excluding hydrogens is 341 g/mol. The Morgan fingerprint density at radius 2 is 1.85 bits per heavy atom. The van der Waals surface area contributed by atoms with Crippen molar-refractivity contribution >= 4 is 5.69 Å². The van der Waals surface area contributed by atoms with Gasteiger partial charge in [-0.2, -0.15) is 0 Å². The van der Waals surface area contributed by atoms with E-state index >= 15 is 0 Å². The molecule has 27 heavy (non-hydrogen) atoms. The molecule has 2 aromatic carbocycles. The molecule has 1 fully saturated rings. The van der Waals surface area contributed by atoms with E-state index in [1.165, 1.54) is 23.4 Å². The number of hydrogen-bond donors (Lipinski definition) is 1. The van der Waals surface area contributed by atoms with Gasteiger partial charge in [-0.1, -0.05) is 18.2 Å². The molecule has 1 aromatic heterocycles. The van der Waals surface area contributed by atoms with Crippen LogP contribution in [-0.2, 0) is 6.54 Å². The molecule has 4 rings (SSSR count). The van der Waals surface area contributed by atoms with Crippen molar-refractivity contribution in [3.8, 4) is 11.5 Å². The van der Waals surface area contributed by atoms with Crippen LogP contribution in [0.25, 0.3) is 11.5 Å². The van der Waals surface area contributed by atoms with Gasteiger partial charge in [0.1, 0.15) is 12.1 Å². The van der Waals surface area contributed by atoms with E-state index in [2.05, 4.69) is 46.4 Å². The summed E-state index contributed by atoms with van der Waals surface area (Å²) in [5.41, 5.74) is 4.23. The van der Waals surface area contributed by atoms with Crippen LogP contribution in [0.2, 0.25) is 0 Å². The first-order chi connectivity index (χ1) is 13.2. The molecule has 1 N–H and O–H groups in total. The highest BCUT2D eigenvalue weighted by Crippen LogP contribution is 2.22. The van der Waals surface area contributed by atoms with Crippen molar-refractivity contribution < 1.29 is 8.81 Å². The van der Waals surface area contributed by atoms with E-state index in [-0.39, 0.29) is 5.82 Å². The monoisotopic (exact) mass is 365 g/mol. The number of nitrogens with zero attached hydrogens (tertiary/aromatic N) is 2. The molecule has 5 heteroatoms. The van der Waals surface area contributed by atoms with Crippen molar-refractivity contribution in [3.63, 3.8) is 0 Å². The van der Waals surface area contributed by atoms with Crippen LogP contribution < -0.4 is 5.32 Å². The fourth-order valence-corrected chi connectivity index (χ4v) is 3.52. The maximum atomic E-state index is 13.0. The number of para-hydroxylation sites is 1. The lowest BCUT2D eigenvalue weighted by molar-refractivity contribution is 0.209. The number of aromatic nitrogens is 1. The molecule has 0 saturated carbocycles. The number of benzene rings is 2. The maximum Gasteiger partial charge on any atom is 0.226 e. The Labute approximate surface area is 159 Å². The lowest BCUT2D eigenvalue weighted by Gasteiger charge is -2.32. The molecule has 2 heterocycles. The number of rotatable bonds is 5. The van der Waals surface area contributed by atoms with E-state index in [1.807, 2.05) is 0 Å². The van der Waals surface area contributed by atoms with Gasteiger partial charge in [-0.25, -0.2) is 9.37 Å². The second kappa shape index (κ2) is 7.92. The van der Waals surface area contributed by atoms with Crippen LogP contribution in [0, 0.1) is 12.7 Å². The SMILES string of the molecule is Cc1ccccc1NC1CCN(Cc2coc(-c3ccc(F)cc3)n2)CC1. The zero-order chi connectivity index (χ0) is 18.6. The van der Waals surface area contributed by atoms with Crippen molar-refractivity contribution in [1.29, 1.82) is 0 Å². The van der Waals surface area contributed by atoms with Crippen molar-refractivity contribution in [2.75, 3.05) is 18.4 Å². The van der Waals surface area contributed by atoms with E-state index in [0.29, 0.717) is 11.9 Å². The van der Waals surface area contributed by atoms with Crippen LogP contribution in [0.4, 0.5) is 10.1 Å². The quantitative estimate of drug-likeness (QED) is 0.701.